The van der Waals surface area contributed by atoms with Gasteiger partial charge in [0.05, 0.1) is 12.6 Å². The highest BCUT2D eigenvalue weighted by atomic mass is 35.5. The summed E-state index contributed by atoms with van der Waals surface area (Å²) in [5.41, 5.74) is 10.2. The van der Waals surface area contributed by atoms with Gasteiger partial charge in [0.1, 0.15) is 0 Å². The Bertz CT molecular complexity index is 213. The lowest BCUT2D eigenvalue weighted by molar-refractivity contribution is -0.127. The third kappa shape index (κ3) is 5.77. The Morgan fingerprint density at radius 2 is 1.79 bits per heavy atom. The minimum absolute atomic E-state index is 0. The van der Waals surface area contributed by atoms with Crippen molar-refractivity contribution in [2.75, 3.05) is 6.54 Å². The molecule has 0 saturated carbocycles. The summed E-state index contributed by atoms with van der Waals surface area (Å²) in [6.07, 6.45) is 0. The van der Waals surface area contributed by atoms with Crippen molar-refractivity contribution in [2.24, 2.45) is 16.9 Å². The molecule has 14 heavy (non-hydrogen) atoms. The van der Waals surface area contributed by atoms with Crippen LogP contribution in [0.25, 0.3) is 0 Å². The monoisotopic (exact) mass is 223 g/mol. The van der Waals surface area contributed by atoms with Crippen molar-refractivity contribution in [1.82, 2.24) is 5.32 Å². The smallest absolute Gasteiger partial charge is 0.237 e. The molecule has 0 rings (SSSR count). The quantitative estimate of drug-likeness (QED) is 0.595. The van der Waals surface area contributed by atoms with Crippen molar-refractivity contribution in [3.63, 3.8) is 0 Å². The van der Waals surface area contributed by atoms with Gasteiger partial charge in [-0.25, -0.2) is 0 Å². The zero-order valence-electron chi connectivity index (χ0n) is 8.66. The maximum atomic E-state index is 11.3. The standard InChI is InChI=1S/C8H17N3O2.ClH/c1-8(2,3)6(10)7(13)11-4-5(9)12;/h6H,4,10H2,1-3H3,(H2,9,12)(H,11,13);1H/t6-;/m1./s1. The lowest BCUT2D eigenvalue weighted by Gasteiger charge is -2.25. The first kappa shape index (κ1) is 15.7. The minimum Gasteiger partial charge on any atom is -0.368 e. The molecule has 5 N–H and O–H groups in total. The average Bonchev–Trinajstić information content (AvgIpc) is 1.96. The predicted octanol–water partition coefficient (Wildman–Crippen LogP) is -0.617. The molecule has 0 heterocycles. The molecule has 0 aliphatic heterocycles. The molecule has 0 aromatic heterocycles. The van der Waals surface area contributed by atoms with Gasteiger partial charge in [0, 0.05) is 0 Å². The van der Waals surface area contributed by atoms with E-state index >= 15 is 0 Å². The Kier molecular flexibility index (Phi) is 6.51. The number of halogens is 1. The molecule has 0 fully saturated rings. The normalized spacial score (nSPS) is 12.6. The van der Waals surface area contributed by atoms with E-state index in [4.69, 9.17) is 11.5 Å². The van der Waals surface area contributed by atoms with Crippen molar-refractivity contribution in [3.8, 4) is 0 Å². The van der Waals surface area contributed by atoms with Crippen molar-refractivity contribution in [2.45, 2.75) is 26.8 Å². The Balaban J connectivity index is 0. The molecule has 0 spiro atoms. The third-order valence-electron chi connectivity index (χ3n) is 1.65. The van der Waals surface area contributed by atoms with E-state index in [1.165, 1.54) is 0 Å². The van der Waals surface area contributed by atoms with Crippen LogP contribution in [0.3, 0.4) is 0 Å². The van der Waals surface area contributed by atoms with Crippen LogP contribution in [0.4, 0.5) is 0 Å². The van der Waals surface area contributed by atoms with Crippen molar-refractivity contribution in [3.05, 3.63) is 0 Å². The van der Waals surface area contributed by atoms with Crippen molar-refractivity contribution < 1.29 is 9.59 Å². The minimum atomic E-state index is -0.633. The van der Waals surface area contributed by atoms with E-state index in [-0.39, 0.29) is 30.3 Å². The maximum absolute atomic E-state index is 11.3. The third-order valence-corrected chi connectivity index (χ3v) is 1.65. The Labute approximate surface area is 90.0 Å². The lowest BCUT2D eigenvalue weighted by Crippen LogP contribution is -2.50. The summed E-state index contributed by atoms with van der Waals surface area (Å²) in [6.45, 7) is 5.38. The van der Waals surface area contributed by atoms with Crippen LogP contribution < -0.4 is 16.8 Å². The van der Waals surface area contributed by atoms with Gasteiger partial charge >= 0.3 is 0 Å². The molecule has 0 unspecified atom stereocenters. The molecule has 0 bridgehead atoms. The Morgan fingerprint density at radius 3 is 2.07 bits per heavy atom. The van der Waals surface area contributed by atoms with E-state index in [1.54, 1.807) is 0 Å². The van der Waals surface area contributed by atoms with E-state index in [0.29, 0.717) is 0 Å². The second kappa shape index (κ2) is 5.82. The van der Waals surface area contributed by atoms with Gasteiger partial charge in [0.25, 0.3) is 0 Å². The van der Waals surface area contributed by atoms with Crippen molar-refractivity contribution in [1.29, 1.82) is 0 Å². The number of carbonyl (C=O) groups is 2. The number of carbonyl (C=O) groups excluding carboxylic acids is 2. The second-order valence-electron chi connectivity index (χ2n) is 4.03. The number of nitrogens with two attached hydrogens (primary N) is 2. The van der Waals surface area contributed by atoms with Gasteiger partial charge in [0.2, 0.25) is 11.8 Å². The summed E-state index contributed by atoms with van der Waals surface area (Å²) in [6, 6.07) is -0.633. The van der Waals surface area contributed by atoms with Gasteiger partial charge in [-0.1, -0.05) is 20.8 Å². The van der Waals surface area contributed by atoms with E-state index < -0.39 is 11.9 Å². The molecule has 2 amide bonds. The molecule has 84 valence electrons. The summed E-state index contributed by atoms with van der Waals surface area (Å²) in [5, 5.41) is 2.35. The first-order valence-corrected chi connectivity index (χ1v) is 4.06. The van der Waals surface area contributed by atoms with Crippen LogP contribution in [0.1, 0.15) is 20.8 Å². The topological polar surface area (TPSA) is 98.2 Å². The fourth-order valence-electron chi connectivity index (χ4n) is 0.677. The van der Waals surface area contributed by atoms with Crippen molar-refractivity contribution >= 4 is 24.2 Å². The number of hydrogen-bond donors (Lipinski definition) is 3. The molecule has 0 aromatic rings. The van der Waals surface area contributed by atoms with Gasteiger partial charge in [-0.2, -0.15) is 0 Å². The highest BCUT2D eigenvalue weighted by molar-refractivity contribution is 5.87. The van der Waals surface area contributed by atoms with Crippen LogP contribution >= 0.6 is 12.4 Å². The van der Waals surface area contributed by atoms with Crippen LogP contribution in [0.2, 0.25) is 0 Å². The van der Waals surface area contributed by atoms with E-state index in [0.717, 1.165) is 0 Å². The van der Waals surface area contributed by atoms with Crippen LogP contribution in [-0.4, -0.2) is 24.4 Å². The molecule has 0 radical (unpaired) electrons. The molecule has 0 aromatic carbocycles. The van der Waals surface area contributed by atoms with E-state index in [2.05, 4.69) is 5.32 Å². The highest BCUT2D eigenvalue weighted by Gasteiger charge is 2.27. The van der Waals surface area contributed by atoms with Crippen LogP contribution in [0.5, 0.6) is 0 Å². The zero-order valence-corrected chi connectivity index (χ0v) is 9.48. The summed E-state index contributed by atoms with van der Waals surface area (Å²) in [7, 11) is 0. The zero-order chi connectivity index (χ0) is 10.6. The first-order chi connectivity index (χ1) is 5.75. The number of hydrogen-bond acceptors (Lipinski definition) is 3. The molecule has 1 atom stereocenters. The molecule has 0 aliphatic carbocycles. The molecule has 0 aliphatic rings. The van der Waals surface area contributed by atoms with E-state index in [1.807, 2.05) is 20.8 Å². The summed E-state index contributed by atoms with van der Waals surface area (Å²) in [4.78, 5) is 21.6. The van der Waals surface area contributed by atoms with Gasteiger partial charge in [-0.05, 0) is 5.41 Å². The molecule has 5 nitrogen and oxygen atoms in total. The lowest BCUT2D eigenvalue weighted by atomic mass is 9.87. The summed E-state index contributed by atoms with van der Waals surface area (Å²) >= 11 is 0. The van der Waals surface area contributed by atoms with Gasteiger partial charge in [-0.15, -0.1) is 12.4 Å². The molecule has 0 saturated heterocycles. The maximum Gasteiger partial charge on any atom is 0.237 e. The van der Waals surface area contributed by atoms with Crippen LogP contribution in [0, 0.1) is 5.41 Å². The fraction of sp³-hybridized carbons (Fsp3) is 0.750. The molecular formula is C8H18ClN3O2. The molecule has 6 heteroatoms. The van der Waals surface area contributed by atoms with Crippen LogP contribution in [-0.2, 0) is 9.59 Å². The second-order valence-corrected chi connectivity index (χ2v) is 4.03. The summed E-state index contributed by atoms with van der Waals surface area (Å²) < 4.78 is 0. The van der Waals surface area contributed by atoms with Gasteiger partial charge in [0.15, 0.2) is 0 Å². The number of rotatable bonds is 3. The van der Waals surface area contributed by atoms with Gasteiger partial charge in [-0.3, -0.25) is 9.59 Å². The number of primary amides is 1. The fourth-order valence-corrected chi connectivity index (χ4v) is 0.677. The van der Waals surface area contributed by atoms with Crippen LogP contribution in [0.15, 0.2) is 0 Å². The molecular weight excluding hydrogens is 206 g/mol. The number of nitrogens with one attached hydrogen (secondary N) is 1. The van der Waals surface area contributed by atoms with E-state index in [9.17, 15) is 9.59 Å². The average molecular weight is 224 g/mol. The first-order valence-electron chi connectivity index (χ1n) is 4.06. The highest BCUT2D eigenvalue weighted by Crippen LogP contribution is 2.16. The SMILES string of the molecule is CC(C)(C)[C@H](N)C(=O)NCC(N)=O.Cl. The Morgan fingerprint density at radius 1 is 1.36 bits per heavy atom. The summed E-state index contributed by atoms with van der Waals surface area (Å²) in [5.74, 6) is -0.930. The number of amides is 2. The van der Waals surface area contributed by atoms with Gasteiger partial charge < -0.3 is 16.8 Å². The Hall–Kier alpha value is -0.810. The predicted molar refractivity (Wildman–Crippen MR) is 56.9 cm³/mol. The largest absolute Gasteiger partial charge is 0.368 e.